The minimum absolute atomic E-state index is 0.644. The number of ether oxygens (including phenoxy) is 1. The molecule has 1 heterocycles. The Morgan fingerprint density at radius 3 is 2.50 bits per heavy atom. The summed E-state index contributed by atoms with van der Waals surface area (Å²) in [7, 11) is 1.69. The quantitative estimate of drug-likeness (QED) is 0.639. The first-order chi connectivity index (χ1) is 6.65. The van der Waals surface area contributed by atoms with Gasteiger partial charge in [-0.3, -0.25) is 4.90 Å². The number of rotatable bonds is 3. The third kappa shape index (κ3) is 2.91. The Balaban J connectivity index is 2.44. The third-order valence-electron chi connectivity index (χ3n) is 2.85. The van der Waals surface area contributed by atoms with Crippen molar-refractivity contribution in [1.82, 2.24) is 9.80 Å². The van der Waals surface area contributed by atoms with E-state index in [1.54, 1.807) is 7.11 Å². The van der Waals surface area contributed by atoms with E-state index < -0.39 is 0 Å². The zero-order valence-corrected chi connectivity index (χ0v) is 9.62. The van der Waals surface area contributed by atoms with E-state index in [9.17, 15) is 0 Å². The van der Waals surface area contributed by atoms with Gasteiger partial charge in [0.1, 0.15) is 0 Å². The van der Waals surface area contributed by atoms with Gasteiger partial charge >= 0.3 is 0 Å². The summed E-state index contributed by atoms with van der Waals surface area (Å²) in [5.74, 6) is 0.801. The Morgan fingerprint density at radius 1 is 1.21 bits per heavy atom. The second-order valence-electron chi connectivity index (χ2n) is 4.07. The average Bonchev–Trinajstić information content (AvgIpc) is 2.41. The summed E-state index contributed by atoms with van der Waals surface area (Å²) in [6.07, 6.45) is 1.20. The largest absolute Gasteiger partial charge is 0.483 e. The molecule has 0 unspecified atom stereocenters. The van der Waals surface area contributed by atoms with Gasteiger partial charge in [0.2, 0.25) is 0 Å². The van der Waals surface area contributed by atoms with Crippen molar-refractivity contribution in [2.24, 2.45) is 0 Å². The summed E-state index contributed by atoms with van der Waals surface area (Å²) >= 11 is 0. The van der Waals surface area contributed by atoms with Crippen molar-refractivity contribution in [3.05, 3.63) is 12.5 Å². The van der Waals surface area contributed by atoms with Gasteiger partial charge in [0, 0.05) is 32.2 Å². The van der Waals surface area contributed by atoms with Gasteiger partial charge in [-0.05, 0) is 26.8 Å². The SMILES string of the molecule is C=C(OC)N1CCCN(C(C)C)CC1. The minimum atomic E-state index is 0.644. The van der Waals surface area contributed by atoms with Crippen LogP contribution in [-0.2, 0) is 4.74 Å². The van der Waals surface area contributed by atoms with E-state index in [-0.39, 0.29) is 0 Å². The number of hydrogen-bond acceptors (Lipinski definition) is 3. The molecule has 0 aliphatic carbocycles. The number of nitrogens with zero attached hydrogens (tertiary/aromatic N) is 2. The van der Waals surface area contributed by atoms with E-state index in [2.05, 4.69) is 30.2 Å². The first kappa shape index (κ1) is 11.4. The molecule has 14 heavy (non-hydrogen) atoms. The Bertz CT molecular complexity index is 192. The second kappa shape index (κ2) is 5.25. The van der Waals surface area contributed by atoms with E-state index in [1.807, 2.05) is 0 Å². The number of hydrogen-bond donors (Lipinski definition) is 0. The summed E-state index contributed by atoms with van der Waals surface area (Å²) < 4.78 is 5.15. The lowest BCUT2D eigenvalue weighted by Gasteiger charge is -2.25. The molecular formula is C11H22N2O. The Kier molecular flexibility index (Phi) is 4.26. The summed E-state index contributed by atoms with van der Waals surface area (Å²) in [5.41, 5.74) is 0. The highest BCUT2D eigenvalue weighted by Crippen LogP contribution is 2.10. The topological polar surface area (TPSA) is 15.7 Å². The van der Waals surface area contributed by atoms with Gasteiger partial charge in [-0.2, -0.15) is 0 Å². The Hall–Kier alpha value is -0.700. The third-order valence-corrected chi connectivity index (χ3v) is 2.85. The molecule has 0 bridgehead atoms. The van der Waals surface area contributed by atoms with Crippen LogP contribution in [-0.4, -0.2) is 49.1 Å². The van der Waals surface area contributed by atoms with Crippen molar-refractivity contribution >= 4 is 0 Å². The minimum Gasteiger partial charge on any atom is -0.483 e. The van der Waals surface area contributed by atoms with Crippen LogP contribution in [0.15, 0.2) is 12.5 Å². The lowest BCUT2D eigenvalue weighted by molar-refractivity contribution is 0.153. The lowest BCUT2D eigenvalue weighted by atomic mass is 10.3. The van der Waals surface area contributed by atoms with Crippen LogP contribution < -0.4 is 0 Å². The summed E-state index contributed by atoms with van der Waals surface area (Å²) in [6.45, 7) is 12.8. The molecule has 1 saturated heterocycles. The van der Waals surface area contributed by atoms with E-state index in [1.165, 1.54) is 13.0 Å². The van der Waals surface area contributed by atoms with Crippen molar-refractivity contribution in [1.29, 1.82) is 0 Å². The van der Waals surface area contributed by atoms with Crippen LogP contribution in [0.4, 0.5) is 0 Å². The molecule has 1 aliphatic heterocycles. The molecule has 1 aliphatic rings. The van der Waals surface area contributed by atoms with Crippen molar-refractivity contribution in [2.45, 2.75) is 26.3 Å². The number of methoxy groups -OCH3 is 1. The van der Waals surface area contributed by atoms with Gasteiger partial charge < -0.3 is 9.64 Å². The Morgan fingerprint density at radius 2 is 1.93 bits per heavy atom. The summed E-state index contributed by atoms with van der Waals surface area (Å²) in [4.78, 5) is 4.73. The molecule has 0 aromatic rings. The van der Waals surface area contributed by atoms with Crippen LogP contribution >= 0.6 is 0 Å². The molecule has 0 aromatic carbocycles. The molecule has 0 radical (unpaired) electrons. The maximum Gasteiger partial charge on any atom is 0.181 e. The molecule has 0 spiro atoms. The average molecular weight is 198 g/mol. The van der Waals surface area contributed by atoms with Gasteiger partial charge in [0.25, 0.3) is 0 Å². The molecule has 1 rings (SSSR count). The van der Waals surface area contributed by atoms with Crippen LogP contribution in [0.5, 0.6) is 0 Å². The predicted octanol–water partition coefficient (Wildman–Crippen LogP) is 1.52. The van der Waals surface area contributed by atoms with E-state index in [0.29, 0.717) is 6.04 Å². The molecule has 3 nitrogen and oxygen atoms in total. The fourth-order valence-corrected chi connectivity index (χ4v) is 1.83. The molecule has 82 valence electrons. The van der Waals surface area contributed by atoms with Gasteiger partial charge in [-0.1, -0.05) is 0 Å². The second-order valence-corrected chi connectivity index (χ2v) is 4.07. The van der Waals surface area contributed by atoms with E-state index in [4.69, 9.17) is 4.74 Å². The zero-order chi connectivity index (χ0) is 10.6. The first-order valence-electron chi connectivity index (χ1n) is 5.37. The van der Waals surface area contributed by atoms with Crippen LogP contribution in [0.25, 0.3) is 0 Å². The summed E-state index contributed by atoms with van der Waals surface area (Å²) in [6, 6.07) is 0.644. The van der Waals surface area contributed by atoms with Gasteiger partial charge in [0.15, 0.2) is 5.88 Å². The smallest absolute Gasteiger partial charge is 0.181 e. The molecule has 0 saturated carbocycles. The van der Waals surface area contributed by atoms with Gasteiger partial charge in [0.05, 0.1) is 7.11 Å². The standard InChI is InChI=1S/C11H22N2O/c1-10(2)12-6-5-7-13(9-8-12)11(3)14-4/h10H,3,5-9H2,1-2,4H3. The normalized spacial score (nSPS) is 19.6. The fourth-order valence-electron chi connectivity index (χ4n) is 1.83. The van der Waals surface area contributed by atoms with Crippen molar-refractivity contribution in [3.8, 4) is 0 Å². The van der Waals surface area contributed by atoms with Gasteiger partial charge in [-0.15, -0.1) is 0 Å². The zero-order valence-electron chi connectivity index (χ0n) is 9.62. The molecule has 0 aromatic heterocycles. The molecule has 1 fully saturated rings. The highest BCUT2D eigenvalue weighted by Gasteiger charge is 2.17. The van der Waals surface area contributed by atoms with Crippen molar-refractivity contribution in [3.63, 3.8) is 0 Å². The highest BCUT2D eigenvalue weighted by molar-refractivity contribution is 4.85. The monoisotopic (exact) mass is 198 g/mol. The molecule has 0 N–H and O–H groups in total. The molecular weight excluding hydrogens is 176 g/mol. The highest BCUT2D eigenvalue weighted by atomic mass is 16.5. The molecule has 0 atom stereocenters. The van der Waals surface area contributed by atoms with E-state index in [0.717, 1.165) is 25.5 Å². The van der Waals surface area contributed by atoms with Crippen molar-refractivity contribution in [2.75, 3.05) is 33.3 Å². The molecule has 3 heteroatoms. The van der Waals surface area contributed by atoms with Crippen molar-refractivity contribution < 1.29 is 4.74 Å². The van der Waals surface area contributed by atoms with Gasteiger partial charge in [-0.25, -0.2) is 0 Å². The Labute approximate surface area is 87.3 Å². The maximum atomic E-state index is 5.15. The van der Waals surface area contributed by atoms with Crippen LogP contribution in [0.1, 0.15) is 20.3 Å². The summed E-state index contributed by atoms with van der Waals surface area (Å²) in [5, 5.41) is 0. The van der Waals surface area contributed by atoms with Crippen LogP contribution in [0.3, 0.4) is 0 Å². The van der Waals surface area contributed by atoms with Crippen LogP contribution in [0, 0.1) is 0 Å². The first-order valence-corrected chi connectivity index (χ1v) is 5.37. The molecule has 0 amide bonds. The fraction of sp³-hybridized carbons (Fsp3) is 0.818. The van der Waals surface area contributed by atoms with E-state index >= 15 is 0 Å². The maximum absolute atomic E-state index is 5.15. The lowest BCUT2D eigenvalue weighted by Crippen LogP contribution is -2.34. The van der Waals surface area contributed by atoms with Crippen LogP contribution in [0.2, 0.25) is 0 Å². The predicted molar refractivity (Wildman–Crippen MR) is 59.0 cm³/mol.